The number of ether oxygens (including phenoxy) is 1. The monoisotopic (exact) mass is 305 g/mol. The van der Waals surface area contributed by atoms with Crippen molar-refractivity contribution in [1.29, 1.82) is 5.26 Å². The van der Waals surface area contributed by atoms with Crippen LogP contribution in [0.25, 0.3) is 0 Å². The van der Waals surface area contributed by atoms with E-state index in [1.165, 1.54) is 0 Å². The summed E-state index contributed by atoms with van der Waals surface area (Å²) in [6.45, 7) is 0.460. The van der Waals surface area contributed by atoms with Gasteiger partial charge in [0.1, 0.15) is 5.75 Å². The molecular formula is C16H13Cl2NO. The normalized spacial score (nSPS) is 11.7. The number of hydrogen-bond acceptors (Lipinski definition) is 2. The third-order valence-electron chi connectivity index (χ3n) is 2.90. The van der Waals surface area contributed by atoms with E-state index in [-0.39, 0.29) is 5.92 Å². The summed E-state index contributed by atoms with van der Waals surface area (Å²) in [7, 11) is 0. The van der Waals surface area contributed by atoms with Crippen molar-refractivity contribution in [3.05, 3.63) is 64.1 Å². The molecule has 0 heterocycles. The van der Waals surface area contributed by atoms with Crippen LogP contribution in [0.5, 0.6) is 5.75 Å². The van der Waals surface area contributed by atoms with Crippen molar-refractivity contribution < 1.29 is 4.74 Å². The Bertz CT molecular complexity index is 605. The first-order valence-electron chi connectivity index (χ1n) is 6.22. The second-order valence-corrected chi connectivity index (χ2v) is 5.20. The summed E-state index contributed by atoms with van der Waals surface area (Å²) in [5.74, 6) is 0.511. The standard InChI is InChI=1S/C16H13Cl2NO/c17-14-6-4-12(5-7-14)13(11-19)8-9-20-16-3-1-2-15(18)10-16/h1-7,10,13H,8-9H2. The van der Waals surface area contributed by atoms with Crippen LogP contribution in [0.1, 0.15) is 17.9 Å². The molecule has 0 N–H and O–H groups in total. The summed E-state index contributed by atoms with van der Waals surface area (Å²) in [5.41, 5.74) is 0.951. The molecular weight excluding hydrogens is 293 g/mol. The van der Waals surface area contributed by atoms with E-state index in [4.69, 9.17) is 27.9 Å². The molecule has 0 aliphatic heterocycles. The van der Waals surface area contributed by atoms with Crippen LogP contribution in [0.4, 0.5) is 0 Å². The minimum Gasteiger partial charge on any atom is -0.493 e. The van der Waals surface area contributed by atoms with Crippen LogP contribution in [-0.4, -0.2) is 6.61 Å². The summed E-state index contributed by atoms with van der Waals surface area (Å²) in [4.78, 5) is 0. The smallest absolute Gasteiger partial charge is 0.120 e. The molecule has 102 valence electrons. The Morgan fingerprint density at radius 2 is 1.80 bits per heavy atom. The highest BCUT2D eigenvalue weighted by molar-refractivity contribution is 6.30. The van der Waals surface area contributed by atoms with Gasteiger partial charge < -0.3 is 4.74 Å². The van der Waals surface area contributed by atoms with Gasteiger partial charge in [0.05, 0.1) is 18.6 Å². The molecule has 0 saturated heterocycles. The first-order chi connectivity index (χ1) is 9.69. The minimum atomic E-state index is -0.202. The van der Waals surface area contributed by atoms with Gasteiger partial charge in [-0.3, -0.25) is 0 Å². The third kappa shape index (κ3) is 4.16. The zero-order chi connectivity index (χ0) is 14.4. The second kappa shape index (κ2) is 7.19. The molecule has 0 spiro atoms. The van der Waals surface area contributed by atoms with Gasteiger partial charge in [-0.15, -0.1) is 0 Å². The Morgan fingerprint density at radius 1 is 1.05 bits per heavy atom. The molecule has 2 nitrogen and oxygen atoms in total. The topological polar surface area (TPSA) is 33.0 Å². The van der Waals surface area contributed by atoms with Gasteiger partial charge in [0.25, 0.3) is 0 Å². The molecule has 0 aliphatic carbocycles. The van der Waals surface area contributed by atoms with E-state index in [0.29, 0.717) is 28.8 Å². The van der Waals surface area contributed by atoms with Crippen molar-refractivity contribution in [1.82, 2.24) is 0 Å². The average Bonchev–Trinajstić information content (AvgIpc) is 2.45. The molecule has 2 aromatic carbocycles. The van der Waals surface area contributed by atoms with Crippen molar-refractivity contribution in [2.45, 2.75) is 12.3 Å². The van der Waals surface area contributed by atoms with Crippen LogP contribution < -0.4 is 4.74 Å². The number of rotatable bonds is 5. The van der Waals surface area contributed by atoms with E-state index in [1.807, 2.05) is 24.3 Å². The lowest BCUT2D eigenvalue weighted by atomic mass is 9.98. The van der Waals surface area contributed by atoms with Gasteiger partial charge in [-0.25, -0.2) is 0 Å². The number of hydrogen-bond donors (Lipinski definition) is 0. The molecule has 2 rings (SSSR count). The van der Waals surface area contributed by atoms with Gasteiger partial charge in [0.15, 0.2) is 0 Å². The zero-order valence-corrected chi connectivity index (χ0v) is 12.2. The number of halogens is 2. The SMILES string of the molecule is N#CC(CCOc1cccc(Cl)c1)c1ccc(Cl)cc1. The van der Waals surface area contributed by atoms with Crippen LogP contribution in [-0.2, 0) is 0 Å². The van der Waals surface area contributed by atoms with E-state index in [1.54, 1.807) is 24.3 Å². The maximum atomic E-state index is 9.23. The minimum absolute atomic E-state index is 0.202. The predicted molar refractivity (Wildman–Crippen MR) is 81.4 cm³/mol. The maximum Gasteiger partial charge on any atom is 0.120 e. The van der Waals surface area contributed by atoms with E-state index in [0.717, 1.165) is 5.56 Å². The highest BCUT2D eigenvalue weighted by Crippen LogP contribution is 2.22. The van der Waals surface area contributed by atoms with Crippen molar-refractivity contribution >= 4 is 23.2 Å². The molecule has 0 amide bonds. The molecule has 0 fully saturated rings. The van der Waals surface area contributed by atoms with Crippen LogP contribution in [0, 0.1) is 11.3 Å². The van der Waals surface area contributed by atoms with Crippen molar-refractivity contribution in [3.8, 4) is 11.8 Å². The molecule has 0 aliphatic rings. The van der Waals surface area contributed by atoms with E-state index in [2.05, 4.69) is 6.07 Å². The van der Waals surface area contributed by atoms with E-state index < -0.39 is 0 Å². The molecule has 0 bridgehead atoms. The van der Waals surface area contributed by atoms with Gasteiger partial charge in [0, 0.05) is 16.5 Å². The van der Waals surface area contributed by atoms with Gasteiger partial charge in [-0.05, 0) is 35.9 Å². The lowest BCUT2D eigenvalue weighted by molar-refractivity contribution is 0.306. The van der Waals surface area contributed by atoms with Gasteiger partial charge in [0.2, 0.25) is 0 Å². The Labute approximate surface area is 128 Å². The molecule has 0 aromatic heterocycles. The van der Waals surface area contributed by atoms with Crippen molar-refractivity contribution in [3.63, 3.8) is 0 Å². The maximum absolute atomic E-state index is 9.23. The molecule has 4 heteroatoms. The fourth-order valence-electron chi connectivity index (χ4n) is 1.85. The Morgan fingerprint density at radius 3 is 2.45 bits per heavy atom. The fourth-order valence-corrected chi connectivity index (χ4v) is 2.16. The quantitative estimate of drug-likeness (QED) is 0.772. The summed E-state index contributed by atoms with van der Waals surface area (Å²) in [6.07, 6.45) is 0.616. The first-order valence-corrected chi connectivity index (χ1v) is 6.98. The largest absolute Gasteiger partial charge is 0.493 e. The first kappa shape index (κ1) is 14.7. The Hall–Kier alpha value is -1.69. The Kier molecular flexibility index (Phi) is 5.29. The summed E-state index contributed by atoms with van der Waals surface area (Å²) in [5, 5.41) is 10.5. The lowest BCUT2D eigenvalue weighted by Crippen LogP contribution is -2.04. The lowest BCUT2D eigenvalue weighted by Gasteiger charge is -2.11. The number of nitrogens with zero attached hydrogens (tertiary/aromatic N) is 1. The summed E-state index contributed by atoms with van der Waals surface area (Å²) >= 11 is 11.7. The highest BCUT2D eigenvalue weighted by Gasteiger charge is 2.10. The number of benzene rings is 2. The average molecular weight is 306 g/mol. The molecule has 0 saturated carbocycles. The number of nitriles is 1. The fraction of sp³-hybridized carbons (Fsp3) is 0.188. The van der Waals surface area contributed by atoms with Crippen LogP contribution in [0.3, 0.4) is 0 Å². The third-order valence-corrected chi connectivity index (χ3v) is 3.39. The summed E-state index contributed by atoms with van der Waals surface area (Å²) < 4.78 is 5.60. The van der Waals surface area contributed by atoms with Crippen molar-refractivity contribution in [2.75, 3.05) is 6.61 Å². The molecule has 2 aromatic rings. The van der Waals surface area contributed by atoms with E-state index in [9.17, 15) is 5.26 Å². The Balaban J connectivity index is 1.92. The van der Waals surface area contributed by atoms with Gasteiger partial charge in [-0.1, -0.05) is 41.4 Å². The highest BCUT2D eigenvalue weighted by atomic mass is 35.5. The molecule has 0 radical (unpaired) electrons. The van der Waals surface area contributed by atoms with Crippen LogP contribution in [0.15, 0.2) is 48.5 Å². The molecule has 20 heavy (non-hydrogen) atoms. The predicted octanol–water partition coefficient (Wildman–Crippen LogP) is 5.07. The van der Waals surface area contributed by atoms with Gasteiger partial charge >= 0.3 is 0 Å². The van der Waals surface area contributed by atoms with Crippen molar-refractivity contribution in [2.24, 2.45) is 0 Å². The zero-order valence-electron chi connectivity index (χ0n) is 10.7. The van der Waals surface area contributed by atoms with Crippen LogP contribution >= 0.6 is 23.2 Å². The van der Waals surface area contributed by atoms with Crippen LogP contribution in [0.2, 0.25) is 10.0 Å². The molecule has 1 atom stereocenters. The summed E-state index contributed by atoms with van der Waals surface area (Å²) in [6, 6.07) is 16.8. The van der Waals surface area contributed by atoms with Gasteiger partial charge in [-0.2, -0.15) is 5.26 Å². The van der Waals surface area contributed by atoms with E-state index >= 15 is 0 Å². The second-order valence-electron chi connectivity index (χ2n) is 4.33. The molecule has 1 unspecified atom stereocenters.